The normalized spacial score (nSPS) is 10.5. The average molecular weight is 327 g/mol. The monoisotopic (exact) mass is 327 g/mol. The first-order valence-corrected chi connectivity index (χ1v) is 7.59. The lowest BCUT2D eigenvalue weighted by Crippen LogP contribution is -2.18. The van der Waals surface area contributed by atoms with E-state index < -0.39 is 11.8 Å². The zero-order chi connectivity index (χ0) is 16.4. The van der Waals surface area contributed by atoms with E-state index in [4.69, 9.17) is 5.73 Å². The molecule has 2 heterocycles. The SMILES string of the molecule is Cc1ccc(C(N)=O)c(NC(=O)c2csc(-c3cn[nH]c3)n2)c1. The molecule has 3 rings (SSSR count). The third-order valence-corrected chi connectivity index (χ3v) is 4.06. The topological polar surface area (TPSA) is 114 Å². The number of nitrogens with zero attached hydrogens (tertiary/aromatic N) is 2. The maximum atomic E-state index is 12.3. The molecular formula is C15H13N5O2S. The van der Waals surface area contributed by atoms with Crippen LogP contribution >= 0.6 is 11.3 Å². The summed E-state index contributed by atoms with van der Waals surface area (Å²) >= 11 is 1.34. The van der Waals surface area contributed by atoms with Crippen LogP contribution in [0.5, 0.6) is 0 Å². The summed E-state index contributed by atoms with van der Waals surface area (Å²) in [4.78, 5) is 28.1. The number of nitrogens with two attached hydrogens (primary N) is 1. The quantitative estimate of drug-likeness (QED) is 0.681. The molecule has 0 saturated heterocycles. The van der Waals surface area contributed by atoms with E-state index in [1.807, 2.05) is 6.92 Å². The summed E-state index contributed by atoms with van der Waals surface area (Å²) in [6.07, 6.45) is 3.33. The molecule has 0 unspecified atom stereocenters. The van der Waals surface area contributed by atoms with Crippen molar-refractivity contribution in [1.29, 1.82) is 0 Å². The van der Waals surface area contributed by atoms with Crippen LogP contribution in [0, 0.1) is 6.92 Å². The Hall–Kier alpha value is -3.00. The molecule has 4 N–H and O–H groups in total. The highest BCUT2D eigenvalue weighted by Crippen LogP contribution is 2.23. The number of benzene rings is 1. The van der Waals surface area contributed by atoms with E-state index in [2.05, 4.69) is 20.5 Å². The van der Waals surface area contributed by atoms with Gasteiger partial charge in [-0.05, 0) is 24.6 Å². The van der Waals surface area contributed by atoms with Crippen LogP contribution in [0.4, 0.5) is 5.69 Å². The Morgan fingerprint density at radius 2 is 2.17 bits per heavy atom. The van der Waals surface area contributed by atoms with Gasteiger partial charge < -0.3 is 11.1 Å². The van der Waals surface area contributed by atoms with Gasteiger partial charge in [0.15, 0.2) is 0 Å². The van der Waals surface area contributed by atoms with Gasteiger partial charge in [-0.3, -0.25) is 14.7 Å². The molecular weight excluding hydrogens is 314 g/mol. The van der Waals surface area contributed by atoms with Crippen LogP contribution in [-0.4, -0.2) is 27.0 Å². The van der Waals surface area contributed by atoms with Crippen LogP contribution in [0.15, 0.2) is 36.0 Å². The minimum Gasteiger partial charge on any atom is -0.366 e. The number of carbonyl (C=O) groups excluding carboxylic acids is 2. The van der Waals surface area contributed by atoms with Crippen molar-refractivity contribution in [1.82, 2.24) is 15.2 Å². The molecule has 0 spiro atoms. The lowest BCUT2D eigenvalue weighted by atomic mass is 10.1. The van der Waals surface area contributed by atoms with Gasteiger partial charge in [0.1, 0.15) is 10.7 Å². The lowest BCUT2D eigenvalue weighted by molar-refractivity contribution is 0.100. The van der Waals surface area contributed by atoms with E-state index in [1.54, 1.807) is 36.0 Å². The standard InChI is InChI=1S/C15H13N5O2S/c1-8-2-3-10(13(16)21)11(4-8)19-14(22)12-7-23-15(20-12)9-5-17-18-6-9/h2-7H,1H3,(H2,16,21)(H,17,18)(H,19,22). The van der Waals surface area contributed by atoms with E-state index in [1.165, 1.54) is 11.3 Å². The van der Waals surface area contributed by atoms with Crippen LogP contribution in [0.25, 0.3) is 10.6 Å². The highest BCUT2D eigenvalue weighted by molar-refractivity contribution is 7.13. The molecule has 1 aromatic carbocycles. The Labute approximate surface area is 135 Å². The number of aryl methyl sites for hydroxylation is 1. The second kappa shape index (κ2) is 6.01. The summed E-state index contributed by atoms with van der Waals surface area (Å²) in [5.41, 5.74) is 7.95. The van der Waals surface area contributed by atoms with Crippen LogP contribution in [0.3, 0.4) is 0 Å². The number of nitrogens with one attached hydrogen (secondary N) is 2. The summed E-state index contributed by atoms with van der Waals surface area (Å²) in [5.74, 6) is -0.998. The average Bonchev–Trinajstić information content (AvgIpc) is 3.18. The summed E-state index contributed by atoms with van der Waals surface area (Å²) in [7, 11) is 0. The van der Waals surface area contributed by atoms with Gasteiger partial charge >= 0.3 is 0 Å². The Morgan fingerprint density at radius 1 is 1.35 bits per heavy atom. The fourth-order valence-corrected chi connectivity index (χ4v) is 2.82. The fourth-order valence-electron chi connectivity index (χ4n) is 2.04. The number of hydrogen-bond donors (Lipinski definition) is 3. The molecule has 0 aliphatic carbocycles. The van der Waals surface area contributed by atoms with Crippen molar-refractivity contribution >= 4 is 28.8 Å². The molecule has 23 heavy (non-hydrogen) atoms. The Bertz CT molecular complexity index is 870. The molecule has 0 radical (unpaired) electrons. The number of H-pyrrole nitrogens is 1. The van der Waals surface area contributed by atoms with Crippen LogP contribution in [-0.2, 0) is 0 Å². The molecule has 2 aromatic heterocycles. The highest BCUT2D eigenvalue weighted by Gasteiger charge is 2.16. The van der Waals surface area contributed by atoms with Crippen molar-refractivity contribution in [3.05, 3.63) is 52.8 Å². The van der Waals surface area contributed by atoms with Gasteiger partial charge in [0.25, 0.3) is 11.8 Å². The first-order valence-electron chi connectivity index (χ1n) is 6.71. The van der Waals surface area contributed by atoms with E-state index in [9.17, 15) is 9.59 Å². The maximum absolute atomic E-state index is 12.3. The van der Waals surface area contributed by atoms with Gasteiger partial charge in [-0.1, -0.05) is 6.07 Å². The molecule has 0 saturated carbocycles. The molecule has 2 amide bonds. The van der Waals surface area contributed by atoms with Crippen LogP contribution < -0.4 is 11.1 Å². The molecule has 0 fully saturated rings. The van der Waals surface area contributed by atoms with Gasteiger partial charge in [-0.15, -0.1) is 11.3 Å². The first-order chi connectivity index (χ1) is 11.0. The molecule has 0 bridgehead atoms. The zero-order valence-electron chi connectivity index (χ0n) is 12.2. The zero-order valence-corrected chi connectivity index (χ0v) is 13.0. The predicted octanol–water partition coefficient (Wildman–Crippen LogP) is 2.19. The van der Waals surface area contributed by atoms with E-state index in [0.29, 0.717) is 10.7 Å². The van der Waals surface area contributed by atoms with Crippen molar-refractivity contribution in [2.45, 2.75) is 6.92 Å². The number of hydrogen-bond acceptors (Lipinski definition) is 5. The minimum absolute atomic E-state index is 0.259. The number of aromatic amines is 1. The molecule has 116 valence electrons. The number of aromatic nitrogens is 3. The van der Waals surface area contributed by atoms with Gasteiger partial charge in [0, 0.05) is 17.1 Å². The summed E-state index contributed by atoms with van der Waals surface area (Å²) in [5, 5.41) is 11.6. The van der Waals surface area contributed by atoms with E-state index in [0.717, 1.165) is 11.1 Å². The second-order valence-electron chi connectivity index (χ2n) is 4.89. The molecule has 0 aliphatic rings. The molecule has 7 nitrogen and oxygen atoms in total. The van der Waals surface area contributed by atoms with Gasteiger partial charge in [-0.25, -0.2) is 4.98 Å². The van der Waals surface area contributed by atoms with Crippen molar-refractivity contribution in [3.63, 3.8) is 0 Å². The molecule has 0 aliphatic heterocycles. The van der Waals surface area contributed by atoms with Gasteiger partial charge in [0.2, 0.25) is 0 Å². The minimum atomic E-state index is -0.599. The Balaban J connectivity index is 1.85. The van der Waals surface area contributed by atoms with Crippen molar-refractivity contribution < 1.29 is 9.59 Å². The first kappa shape index (κ1) is 14.9. The molecule has 3 aromatic rings. The predicted molar refractivity (Wildman–Crippen MR) is 87.3 cm³/mol. The number of rotatable bonds is 4. The Morgan fingerprint density at radius 3 is 2.87 bits per heavy atom. The number of thiazole rings is 1. The van der Waals surface area contributed by atoms with Crippen molar-refractivity contribution in [2.24, 2.45) is 5.73 Å². The Kier molecular flexibility index (Phi) is 3.90. The maximum Gasteiger partial charge on any atom is 0.275 e. The summed E-state index contributed by atoms with van der Waals surface area (Å²) in [6.45, 7) is 1.86. The van der Waals surface area contributed by atoms with Gasteiger partial charge in [0.05, 0.1) is 17.4 Å². The smallest absolute Gasteiger partial charge is 0.275 e. The summed E-state index contributed by atoms with van der Waals surface area (Å²) < 4.78 is 0. The number of carbonyl (C=O) groups is 2. The number of anilines is 1. The second-order valence-corrected chi connectivity index (χ2v) is 5.75. The third kappa shape index (κ3) is 3.11. The molecule has 0 atom stereocenters. The van der Waals surface area contributed by atoms with E-state index >= 15 is 0 Å². The van der Waals surface area contributed by atoms with Crippen LogP contribution in [0.2, 0.25) is 0 Å². The number of amides is 2. The largest absolute Gasteiger partial charge is 0.366 e. The molecule has 8 heteroatoms. The fraction of sp³-hybridized carbons (Fsp3) is 0.0667. The summed E-state index contributed by atoms with van der Waals surface area (Å²) in [6, 6.07) is 5.04. The number of primary amides is 1. The lowest BCUT2D eigenvalue weighted by Gasteiger charge is -2.08. The third-order valence-electron chi connectivity index (χ3n) is 3.17. The highest BCUT2D eigenvalue weighted by atomic mass is 32.1. The van der Waals surface area contributed by atoms with Crippen LogP contribution in [0.1, 0.15) is 26.4 Å². The van der Waals surface area contributed by atoms with Crippen molar-refractivity contribution in [3.8, 4) is 10.6 Å². The van der Waals surface area contributed by atoms with Crippen molar-refractivity contribution in [2.75, 3.05) is 5.32 Å². The van der Waals surface area contributed by atoms with Gasteiger partial charge in [-0.2, -0.15) is 5.10 Å². The van der Waals surface area contributed by atoms with E-state index in [-0.39, 0.29) is 11.3 Å².